The van der Waals surface area contributed by atoms with E-state index in [-0.39, 0.29) is 23.7 Å². The second-order valence-electron chi connectivity index (χ2n) is 7.25. The molecular weight excluding hydrogens is 378 g/mol. The van der Waals surface area contributed by atoms with Crippen molar-refractivity contribution in [1.29, 1.82) is 0 Å². The Balaban J connectivity index is 1.61. The average molecular weight is 403 g/mol. The summed E-state index contributed by atoms with van der Waals surface area (Å²) in [7, 11) is 0. The first-order valence-corrected chi connectivity index (χ1v) is 10.2. The van der Waals surface area contributed by atoms with Crippen LogP contribution < -0.4 is 10.6 Å². The number of morpholine rings is 1. The number of nitrogens with two attached hydrogens (primary N) is 1. The predicted molar refractivity (Wildman–Crippen MR) is 117 cm³/mol. The van der Waals surface area contributed by atoms with Crippen LogP contribution in [0.15, 0.2) is 48.9 Å². The molecule has 0 bridgehead atoms. The number of ether oxygens (including phenoxy) is 1. The maximum atomic E-state index is 13.1. The van der Waals surface area contributed by atoms with Gasteiger partial charge < -0.3 is 15.4 Å². The van der Waals surface area contributed by atoms with Crippen molar-refractivity contribution in [3.8, 4) is 11.3 Å². The minimum Gasteiger partial charge on any atom is -0.382 e. The molecule has 0 atom stereocenters. The molecule has 30 heavy (non-hydrogen) atoms. The van der Waals surface area contributed by atoms with Crippen LogP contribution in [0.5, 0.6) is 0 Å². The number of hydrogen-bond donors (Lipinski definition) is 1. The molecule has 4 rings (SSSR count). The Bertz CT molecular complexity index is 1050. The van der Waals surface area contributed by atoms with Gasteiger partial charge in [0.25, 0.3) is 0 Å². The lowest BCUT2D eigenvalue weighted by molar-refractivity contribution is 0.0988. The van der Waals surface area contributed by atoms with Gasteiger partial charge in [-0.25, -0.2) is 9.97 Å². The summed E-state index contributed by atoms with van der Waals surface area (Å²) in [4.78, 5) is 28.4. The molecule has 7 nitrogen and oxygen atoms in total. The SMILES string of the molecule is CCc1cccc(-c2cnc(N)c(C(=O)Cc3cnccc3N3CCOCC3)n2)c1. The van der Waals surface area contributed by atoms with Crippen molar-refractivity contribution in [2.24, 2.45) is 0 Å². The van der Waals surface area contributed by atoms with E-state index in [0.29, 0.717) is 18.9 Å². The van der Waals surface area contributed by atoms with Crippen LogP contribution in [0, 0.1) is 0 Å². The van der Waals surface area contributed by atoms with Crippen LogP contribution in [0.4, 0.5) is 11.5 Å². The number of carbonyl (C=O) groups excluding carboxylic acids is 1. The number of pyridine rings is 1. The highest BCUT2D eigenvalue weighted by Crippen LogP contribution is 2.24. The molecule has 3 aromatic rings. The number of nitrogens with zero attached hydrogens (tertiary/aromatic N) is 4. The lowest BCUT2D eigenvalue weighted by Gasteiger charge is -2.30. The molecule has 0 radical (unpaired) electrons. The summed E-state index contributed by atoms with van der Waals surface area (Å²) < 4.78 is 5.44. The highest BCUT2D eigenvalue weighted by Gasteiger charge is 2.20. The van der Waals surface area contributed by atoms with Gasteiger partial charge >= 0.3 is 0 Å². The van der Waals surface area contributed by atoms with E-state index in [0.717, 1.165) is 36.3 Å². The molecule has 1 aliphatic heterocycles. The topological polar surface area (TPSA) is 94.2 Å². The zero-order valence-corrected chi connectivity index (χ0v) is 17.0. The Morgan fingerprint density at radius 2 is 2.03 bits per heavy atom. The zero-order chi connectivity index (χ0) is 20.9. The monoisotopic (exact) mass is 403 g/mol. The molecule has 0 aliphatic carbocycles. The highest BCUT2D eigenvalue weighted by atomic mass is 16.5. The summed E-state index contributed by atoms with van der Waals surface area (Å²) in [5, 5.41) is 0. The fraction of sp³-hybridized carbons (Fsp3) is 0.304. The Kier molecular flexibility index (Phi) is 5.99. The smallest absolute Gasteiger partial charge is 0.189 e. The lowest BCUT2D eigenvalue weighted by Crippen LogP contribution is -2.37. The summed E-state index contributed by atoms with van der Waals surface area (Å²) in [6.07, 6.45) is 6.19. The first-order valence-electron chi connectivity index (χ1n) is 10.2. The fourth-order valence-electron chi connectivity index (χ4n) is 3.62. The van der Waals surface area contributed by atoms with Crippen LogP contribution >= 0.6 is 0 Å². The zero-order valence-electron chi connectivity index (χ0n) is 17.0. The van der Waals surface area contributed by atoms with Crippen molar-refractivity contribution >= 4 is 17.3 Å². The van der Waals surface area contributed by atoms with E-state index in [1.54, 1.807) is 18.6 Å². The molecule has 1 aliphatic rings. The molecule has 0 unspecified atom stereocenters. The standard InChI is InChI=1S/C23H25N5O2/c1-2-16-4-3-5-17(12-16)19-15-26-23(24)22(27-19)21(29)13-18-14-25-7-6-20(18)28-8-10-30-11-9-28/h3-7,12,14-15H,2,8-11,13H2,1H3,(H2,24,26). The molecule has 3 heterocycles. The number of aromatic nitrogens is 3. The molecule has 1 aromatic carbocycles. The number of aryl methyl sites for hydroxylation is 1. The number of nitrogen functional groups attached to an aromatic ring is 1. The van der Waals surface area contributed by atoms with Gasteiger partial charge in [-0.2, -0.15) is 0 Å². The van der Waals surface area contributed by atoms with Crippen molar-refractivity contribution in [2.75, 3.05) is 36.9 Å². The van der Waals surface area contributed by atoms with Crippen LogP contribution in [0.1, 0.15) is 28.5 Å². The Morgan fingerprint density at radius 3 is 2.83 bits per heavy atom. The van der Waals surface area contributed by atoms with Gasteiger partial charge in [-0.05, 0) is 24.1 Å². The predicted octanol–water partition coefficient (Wildman–Crippen LogP) is 2.95. The molecule has 0 amide bonds. The van der Waals surface area contributed by atoms with Crippen molar-refractivity contribution < 1.29 is 9.53 Å². The first-order chi connectivity index (χ1) is 14.7. The summed E-state index contributed by atoms with van der Waals surface area (Å²) in [5.74, 6) is -0.0248. The van der Waals surface area contributed by atoms with Gasteiger partial charge in [0.05, 0.1) is 25.1 Å². The third kappa shape index (κ3) is 4.31. The van der Waals surface area contributed by atoms with Gasteiger partial charge in [-0.15, -0.1) is 0 Å². The normalized spacial score (nSPS) is 14.0. The summed E-state index contributed by atoms with van der Waals surface area (Å²) in [5.41, 5.74) is 10.8. The second-order valence-corrected chi connectivity index (χ2v) is 7.25. The van der Waals surface area contributed by atoms with E-state index in [9.17, 15) is 4.79 Å². The third-order valence-corrected chi connectivity index (χ3v) is 5.28. The maximum Gasteiger partial charge on any atom is 0.189 e. The number of Topliss-reactive ketones (excluding diaryl/α,β-unsaturated/α-hetero) is 1. The van der Waals surface area contributed by atoms with Gasteiger partial charge in [0.2, 0.25) is 0 Å². The lowest BCUT2D eigenvalue weighted by atomic mass is 10.0. The van der Waals surface area contributed by atoms with E-state index >= 15 is 0 Å². The Hall–Kier alpha value is -3.32. The quantitative estimate of drug-likeness (QED) is 0.632. The fourth-order valence-corrected chi connectivity index (χ4v) is 3.62. The minimum absolute atomic E-state index is 0.146. The van der Waals surface area contributed by atoms with Crippen molar-refractivity contribution in [1.82, 2.24) is 15.0 Å². The summed E-state index contributed by atoms with van der Waals surface area (Å²) >= 11 is 0. The first kappa shape index (κ1) is 20.0. The summed E-state index contributed by atoms with van der Waals surface area (Å²) in [6.45, 7) is 5.02. The van der Waals surface area contributed by atoms with Crippen LogP contribution in [-0.4, -0.2) is 47.0 Å². The highest BCUT2D eigenvalue weighted by molar-refractivity contribution is 6.00. The van der Waals surface area contributed by atoms with Gasteiger partial charge in [-0.3, -0.25) is 9.78 Å². The molecular formula is C23H25N5O2. The van der Waals surface area contributed by atoms with Gasteiger partial charge in [0.15, 0.2) is 11.6 Å². The van der Waals surface area contributed by atoms with Crippen LogP contribution in [0.3, 0.4) is 0 Å². The number of rotatable bonds is 6. The molecule has 7 heteroatoms. The van der Waals surface area contributed by atoms with E-state index in [2.05, 4.69) is 38.9 Å². The van der Waals surface area contributed by atoms with E-state index < -0.39 is 0 Å². The second kappa shape index (κ2) is 9.00. The molecule has 0 saturated carbocycles. The molecule has 2 N–H and O–H groups in total. The third-order valence-electron chi connectivity index (χ3n) is 5.28. The van der Waals surface area contributed by atoms with Gasteiger partial charge in [0.1, 0.15) is 5.69 Å². The number of anilines is 2. The maximum absolute atomic E-state index is 13.1. The van der Waals surface area contributed by atoms with E-state index in [1.165, 1.54) is 5.56 Å². The minimum atomic E-state index is -0.170. The van der Waals surface area contributed by atoms with Crippen LogP contribution in [0.25, 0.3) is 11.3 Å². The molecule has 1 fully saturated rings. The van der Waals surface area contributed by atoms with Crippen molar-refractivity contribution in [2.45, 2.75) is 19.8 Å². The van der Waals surface area contributed by atoms with Crippen molar-refractivity contribution in [3.05, 3.63) is 65.7 Å². The number of carbonyl (C=O) groups is 1. The molecule has 1 saturated heterocycles. The van der Waals surface area contributed by atoms with Crippen LogP contribution in [0.2, 0.25) is 0 Å². The number of benzene rings is 1. The molecule has 0 spiro atoms. The van der Waals surface area contributed by atoms with Gasteiger partial charge in [-0.1, -0.05) is 25.1 Å². The molecule has 154 valence electrons. The van der Waals surface area contributed by atoms with Gasteiger partial charge in [0, 0.05) is 48.7 Å². The largest absolute Gasteiger partial charge is 0.382 e. The number of hydrogen-bond acceptors (Lipinski definition) is 7. The molecule has 2 aromatic heterocycles. The Morgan fingerprint density at radius 1 is 1.20 bits per heavy atom. The van der Waals surface area contributed by atoms with E-state index in [4.69, 9.17) is 10.5 Å². The summed E-state index contributed by atoms with van der Waals surface area (Å²) in [6, 6.07) is 10.0. The van der Waals surface area contributed by atoms with Crippen molar-refractivity contribution in [3.63, 3.8) is 0 Å². The average Bonchev–Trinajstić information content (AvgIpc) is 2.80. The van der Waals surface area contributed by atoms with E-state index in [1.807, 2.05) is 18.2 Å². The number of ketones is 1. The Labute approximate surface area is 175 Å². The van der Waals surface area contributed by atoms with Crippen LogP contribution in [-0.2, 0) is 17.6 Å².